The van der Waals surface area contributed by atoms with Crippen molar-refractivity contribution < 1.29 is 9.90 Å². The van der Waals surface area contributed by atoms with Gasteiger partial charge in [-0.3, -0.25) is 9.78 Å². The molecule has 5 nitrogen and oxygen atoms in total. The van der Waals surface area contributed by atoms with Gasteiger partial charge in [-0.2, -0.15) is 5.26 Å². The monoisotopic (exact) mass is 273 g/mol. The third kappa shape index (κ3) is 3.34. The van der Waals surface area contributed by atoms with Gasteiger partial charge in [-0.15, -0.1) is 0 Å². The summed E-state index contributed by atoms with van der Waals surface area (Å²) in [5.74, 6) is -0.184. The Labute approximate surface area is 118 Å². The molecule has 1 fully saturated rings. The number of nitrogens with one attached hydrogen (secondary N) is 1. The predicted molar refractivity (Wildman–Crippen MR) is 74.5 cm³/mol. The van der Waals surface area contributed by atoms with Gasteiger partial charge in [-0.1, -0.05) is 19.3 Å². The smallest absolute Gasteiger partial charge is 0.226 e. The van der Waals surface area contributed by atoms with E-state index < -0.39 is 5.41 Å². The number of aromatic nitrogens is 1. The summed E-state index contributed by atoms with van der Waals surface area (Å²) in [6.45, 7) is -0.151. The van der Waals surface area contributed by atoms with E-state index in [0.29, 0.717) is 11.3 Å². The Hall–Kier alpha value is -1.93. The van der Waals surface area contributed by atoms with Crippen molar-refractivity contribution in [2.75, 3.05) is 5.32 Å². The number of aliphatic hydroxyl groups is 1. The van der Waals surface area contributed by atoms with E-state index in [4.69, 9.17) is 0 Å². The molecule has 20 heavy (non-hydrogen) atoms. The number of hydrogen-bond donors (Lipinski definition) is 2. The molecule has 0 atom stereocenters. The lowest BCUT2D eigenvalue weighted by Gasteiger charge is -2.29. The molecule has 1 aromatic heterocycles. The third-order valence-electron chi connectivity index (χ3n) is 3.90. The van der Waals surface area contributed by atoms with Gasteiger partial charge in [0.05, 0.1) is 30.0 Å². The molecule has 1 amide bonds. The van der Waals surface area contributed by atoms with E-state index in [0.717, 1.165) is 32.1 Å². The maximum absolute atomic E-state index is 12.1. The third-order valence-corrected chi connectivity index (χ3v) is 3.90. The van der Waals surface area contributed by atoms with Crippen LogP contribution in [-0.2, 0) is 11.4 Å². The molecule has 0 unspecified atom stereocenters. The Bertz CT molecular complexity index is 516. The fraction of sp³-hybridized carbons (Fsp3) is 0.533. The molecular weight excluding hydrogens is 254 g/mol. The number of nitriles is 1. The predicted octanol–water partition coefficient (Wildman–Crippen LogP) is 2.38. The Morgan fingerprint density at radius 2 is 2.20 bits per heavy atom. The highest BCUT2D eigenvalue weighted by molar-refractivity contribution is 5.92. The molecule has 5 heteroatoms. The van der Waals surface area contributed by atoms with E-state index in [1.807, 2.05) is 0 Å². The Kier molecular flexibility index (Phi) is 4.70. The van der Waals surface area contributed by atoms with Crippen molar-refractivity contribution >= 4 is 11.6 Å². The molecule has 1 aromatic rings. The van der Waals surface area contributed by atoms with Gasteiger partial charge in [0.1, 0.15) is 0 Å². The van der Waals surface area contributed by atoms with Crippen LogP contribution in [0.2, 0.25) is 0 Å². The number of pyridine rings is 1. The molecule has 1 aliphatic rings. The first-order valence-corrected chi connectivity index (χ1v) is 6.94. The van der Waals surface area contributed by atoms with Crippen LogP contribution in [0.25, 0.3) is 0 Å². The van der Waals surface area contributed by atoms with Crippen LogP contribution in [-0.4, -0.2) is 16.0 Å². The van der Waals surface area contributed by atoms with Crippen LogP contribution in [0.15, 0.2) is 18.5 Å². The second kappa shape index (κ2) is 6.49. The van der Waals surface area contributed by atoms with E-state index >= 15 is 0 Å². The van der Waals surface area contributed by atoms with Gasteiger partial charge in [0, 0.05) is 18.2 Å². The largest absolute Gasteiger partial charge is 0.392 e. The van der Waals surface area contributed by atoms with Crippen molar-refractivity contribution in [2.45, 2.75) is 45.1 Å². The van der Waals surface area contributed by atoms with Gasteiger partial charge in [0.2, 0.25) is 5.91 Å². The van der Waals surface area contributed by atoms with Crippen molar-refractivity contribution in [3.8, 4) is 6.07 Å². The first-order valence-electron chi connectivity index (χ1n) is 6.94. The standard InChI is InChI=1S/C15H19N3O2/c16-11-15(5-2-1-3-6-15)8-14(20)18-13-9-17-7-4-12(13)10-19/h4,7,9,19H,1-3,5-6,8,10H2,(H,18,20). The average Bonchev–Trinajstić information content (AvgIpc) is 2.48. The highest BCUT2D eigenvalue weighted by atomic mass is 16.3. The minimum absolute atomic E-state index is 0.151. The molecule has 0 saturated heterocycles. The molecule has 106 valence electrons. The zero-order chi connectivity index (χ0) is 14.4. The number of anilines is 1. The van der Waals surface area contributed by atoms with Crippen LogP contribution in [0.5, 0.6) is 0 Å². The van der Waals surface area contributed by atoms with E-state index in [9.17, 15) is 15.2 Å². The highest BCUT2D eigenvalue weighted by Gasteiger charge is 2.34. The first-order chi connectivity index (χ1) is 9.69. The van der Waals surface area contributed by atoms with Crippen molar-refractivity contribution in [2.24, 2.45) is 5.41 Å². The summed E-state index contributed by atoms with van der Waals surface area (Å²) < 4.78 is 0. The van der Waals surface area contributed by atoms with Crippen molar-refractivity contribution in [3.63, 3.8) is 0 Å². The molecule has 0 bridgehead atoms. The quantitative estimate of drug-likeness (QED) is 0.881. The maximum Gasteiger partial charge on any atom is 0.226 e. The van der Waals surface area contributed by atoms with Crippen molar-refractivity contribution in [1.29, 1.82) is 5.26 Å². The summed E-state index contributed by atoms with van der Waals surface area (Å²) in [6.07, 6.45) is 8.03. The van der Waals surface area contributed by atoms with Gasteiger partial charge in [-0.25, -0.2) is 0 Å². The van der Waals surface area contributed by atoms with Gasteiger partial charge in [-0.05, 0) is 18.9 Å². The Morgan fingerprint density at radius 1 is 1.45 bits per heavy atom. The van der Waals surface area contributed by atoms with Crippen LogP contribution >= 0.6 is 0 Å². The highest BCUT2D eigenvalue weighted by Crippen LogP contribution is 2.38. The Balaban J connectivity index is 2.03. The summed E-state index contributed by atoms with van der Waals surface area (Å²) in [4.78, 5) is 16.1. The molecule has 1 saturated carbocycles. The summed E-state index contributed by atoms with van der Waals surface area (Å²) in [5.41, 5.74) is 0.621. The summed E-state index contributed by atoms with van der Waals surface area (Å²) in [7, 11) is 0. The molecule has 0 aliphatic heterocycles. The fourth-order valence-corrected chi connectivity index (χ4v) is 2.73. The average molecular weight is 273 g/mol. The van der Waals surface area contributed by atoms with E-state index in [1.165, 1.54) is 6.20 Å². The minimum atomic E-state index is -0.524. The molecule has 1 heterocycles. The van der Waals surface area contributed by atoms with Crippen molar-refractivity contribution in [1.82, 2.24) is 4.98 Å². The van der Waals surface area contributed by atoms with Crippen LogP contribution < -0.4 is 5.32 Å². The number of hydrogen-bond acceptors (Lipinski definition) is 4. The first kappa shape index (κ1) is 14.5. The van der Waals surface area contributed by atoms with Gasteiger partial charge >= 0.3 is 0 Å². The normalized spacial score (nSPS) is 17.2. The molecule has 0 spiro atoms. The second-order valence-electron chi connectivity index (χ2n) is 5.37. The topological polar surface area (TPSA) is 86.0 Å². The molecule has 2 rings (SSSR count). The lowest BCUT2D eigenvalue weighted by molar-refractivity contribution is -0.118. The Morgan fingerprint density at radius 3 is 2.85 bits per heavy atom. The zero-order valence-electron chi connectivity index (χ0n) is 11.4. The minimum Gasteiger partial charge on any atom is -0.392 e. The fourth-order valence-electron chi connectivity index (χ4n) is 2.73. The molecule has 2 N–H and O–H groups in total. The van der Waals surface area contributed by atoms with E-state index in [2.05, 4.69) is 16.4 Å². The maximum atomic E-state index is 12.1. The number of aliphatic hydroxyl groups excluding tert-OH is 1. The number of amides is 1. The lowest BCUT2D eigenvalue weighted by Crippen LogP contribution is -2.28. The second-order valence-corrected chi connectivity index (χ2v) is 5.37. The van der Waals surface area contributed by atoms with Crippen LogP contribution in [0.3, 0.4) is 0 Å². The van der Waals surface area contributed by atoms with Gasteiger partial charge in [0.25, 0.3) is 0 Å². The zero-order valence-corrected chi connectivity index (χ0v) is 11.4. The van der Waals surface area contributed by atoms with Crippen LogP contribution in [0, 0.1) is 16.7 Å². The molecule has 0 aromatic carbocycles. The number of nitrogens with zero attached hydrogens (tertiary/aromatic N) is 2. The number of carbonyl (C=O) groups excluding carboxylic acids is 1. The SMILES string of the molecule is N#CC1(CC(=O)Nc2cnccc2CO)CCCCC1. The summed E-state index contributed by atoms with van der Waals surface area (Å²) in [6, 6.07) is 4.00. The van der Waals surface area contributed by atoms with E-state index in [1.54, 1.807) is 12.3 Å². The van der Waals surface area contributed by atoms with E-state index in [-0.39, 0.29) is 18.9 Å². The van der Waals surface area contributed by atoms with Crippen LogP contribution in [0.4, 0.5) is 5.69 Å². The summed E-state index contributed by atoms with van der Waals surface area (Å²) >= 11 is 0. The number of carbonyl (C=O) groups is 1. The van der Waals surface area contributed by atoms with Gasteiger partial charge in [0.15, 0.2) is 0 Å². The molecule has 0 radical (unpaired) electrons. The molecule has 1 aliphatic carbocycles. The summed E-state index contributed by atoms with van der Waals surface area (Å²) in [5, 5.41) is 21.3. The van der Waals surface area contributed by atoms with Crippen molar-refractivity contribution in [3.05, 3.63) is 24.0 Å². The number of rotatable bonds is 4. The van der Waals surface area contributed by atoms with Gasteiger partial charge < -0.3 is 10.4 Å². The molecular formula is C15H19N3O2. The van der Waals surface area contributed by atoms with Crippen LogP contribution in [0.1, 0.15) is 44.1 Å². The lowest BCUT2D eigenvalue weighted by atomic mass is 9.73.